The van der Waals surface area contributed by atoms with Crippen molar-refractivity contribution in [3.05, 3.63) is 35.4 Å². The number of hydrogen-bond donors (Lipinski definition) is 1. The summed E-state index contributed by atoms with van der Waals surface area (Å²) in [6.07, 6.45) is -2.75. The van der Waals surface area contributed by atoms with Crippen molar-refractivity contribution < 1.29 is 13.2 Å². The Kier molecular flexibility index (Phi) is 2.70. The standard InChI is InChI=1S/C9H8F3N/c10-9(11,12)8-3-1-7(2-4-8)5-6-13/h1-4,6,13H,5H2. The van der Waals surface area contributed by atoms with Crippen molar-refractivity contribution in [3.8, 4) is 0 Å². The topological polar surface area (TPSA) is 23.9 Å². The van der Waals surface area contributed by atoms with Crippen LogP contribution < -0.4 is 0 Å². The van der Waals surface area contributed by atoms with Crippen molar-refractivity contribution in [1.82, 2.24) is 0 Å². The highest BCUT2D eigenvalue weighted by atomic mass is 19.4. The quantitative estimate of drug-likeness (QED) is 0.688. The summed E-state index contributed by atoms with van der Waals surface area (Å²) in [5.74, 6) is 0. The van der Waals surface area contributed by atoms with Gasteiger partial charge in [-0.15, -0.1) is 0 Å². The van der Waals surface area contributed by atoms with E-state index in [0.717, 1.165) is 18.3 Å². The van der Waals surface area contributed by atoms with E-state index in [2.05, 4.69) is 0 Å². The second-order valence-corrected chi connectivity index (χ2v) is 2.60. The average molecular weight is 187 g/mol. The second kappa shape index (κ2) is 3.60. The molecule has 1 nitrogen and oxygen atoms in total. The lowest BCUT2D eigenvalue weighted by Crippen LogP contribution is -2.04. The van der Waals surface area contributed by atoms with Gasteiger partial charge in [-0.3, -0.25) is 0 Å². The molecule has 0 aliphatic heterocycles. The summed E-state index contributed by atoms with van der Waals surface area (Å²) in [4.78, 5) is 0. The lowest BCUT2D eigenvalue weighted by molar-refractivity contribution is -0.137. The fourth-order valence-electron chi connectivity index (χ4n) is 0.948. The molecule has 0 aliphatic rings. The largest absolute Gasteiger partial charge is 0.416 e. The zero-order valence-corrected chi connectivity index (χ0v) is 6.73. The molecule has 1 aromatic carbocycles. The molecule has 0 unspecified atom stereocenters. The normalized spacial score (nSPS) is 11.3. The molecule has 1 N–H and O–H groups in total. The fourth-order valence-corrected chi connectivity index (χ4v) is 0.948. The molecule has 0 saturated heterocycles. The summed E-state index contributed by atoms with van der Waals surface area (Å²) in [5.41, 5.74) is 0.0595. The van der Waals surface area contributed by atoms with E-state index >= 15 is 0 Å². The molecule has 0 amide bonds. The van der Waals surface area contributed by atoms with Crippen molar-refractivity contribution in [3.63, 3.8) is 0 Å². The highest BCUT2D eigenvalue weighted by molar-refractivity contribution is 5.57. The molecule has 13 heavy (non-hydrogen) atoms. The number of rotatable bonds is 2. The van der Waals surface area contributed by atoms with Gasteiger partial charge in [0.25, 0.3) is 0 Å². The van der Waals surface area contributed by atoms with Gasteiger partial charge < -0.3 is 5.41 Å². The van der Waals surface area contributed by atoms with Gasteiger partial charge in [0.2, 0.25) is 0 Å². The molecule has 0 radical (unpaired) electrons. The second-order valence-electron chi connectivity index (χ2n) is 2.60. The Bertz CT molecular complexity index is 287. The van der Waals surface area contributed by atoms with Crippen molar-refractivity contribution in [2.45, 2.75) is 12.6 Å². The smallest absolute Gasteiger partial charge is 0.313 e. The maximum atomic E-state index is 12.1. The molecule has 0 atom stereocenters. The first-order valence-corrected chi connectivity index (χ1v) is 3.69. The number of benzene rings is 1. The summed E-state index contributed by atoms with van der Waals surface area (Å²) in [6.45, 7) is 0. The highest BCUT2D eigenvalue weighted by Gasteiger charge is 2.29. The van der Waals surface area contributed by atoms with Crippen LogP contribution in [0.25, 0.3) is 0 Å². The average Bonchev–Trinajstić information content (AvgIpc) is 2.04. The summed E-state index contributed by atoms with van der Waals surface area (Å²) in [7, 11) is 0. The van der Waals surface area contributed by atoms with Crippen LogP contribution in [0.2, 0.25) is 0 Å². The van der Waals surface area contributed by atoms with Gasteiger partial charge in [-0.2, -0.15) is 13.2 Å². The third-order valence-corrected chi connectivity index (χ3v) is 1.62. The lowest BCUT2D eigenvalue weighted by atomic mass is 10.1. The van der Waals surface area contributed by atoms with Gasteiger partial charge in [-0.25, -0.2) is 0 Å². The van der Waals surface area contributed by atoms with Crippen LogP contribution in [-0.2, 0) is 12.6 Å². The van der Waals surface area contributed by atoms with Gasteiger partial charge in [0.05, 0.1) is 5.56 Å². The molecule has 0 saturated carbocycles. The van der Waals surface area contributed by atoms with Crippen LogP contribution in [-0.4, -0.2) is 6.21 Å². The SMILES string of the molecule is N=CCc1ccc(C(F)(F)F)cc1. The van der Waals surface area contributed by atoms with E-state index in [0.29, 0.717) is 12.0 Å². The number of halogens is 3. The number of hydrogen-bond acceptors (Lipinski definition) is 1. The van der Waals surface area contributed by atoms with Crippen LogP contribution in [0.1, 0.15) is 11.1 Å². The number of nitrogens with one attached hydrogen (secondary N) is 1. The van der Waals surface area contributed by atoms with Crippen molar-refractivity contribution >= 4 is 6.21 Å². The van der Waals surface area contributed by atoms with Gasteiger partial charge >= 0.3 is 6.18 Å². The molecule has 1 rings (SSSR count). The first-order chi connectivity index (χ1) is 6.04. The fraction of sp³-hybridized carbons (Fsp3) is 0.222. The van der Waals surface area contributed by atoms with Crippen molar-refractivity contribution in [2.24, 2.45) is 0 Å². The van der Waals surface area contributed by atoms with Gasteiger partial charge in [-0.05, 0) is 23.9 Å². The molecular formula is C9H8F3N. The molecule has 0 heterocycles. The summed E-state index contributed by atoms with van der Waals surface area (Å²) in [6, 6.07) is 4.82. The summed E-state index contributed by atoms with van der Waals surface area (Å²) in [5, 5.41) is 6.77. The van der Waals surface area contributed by atoms with Gasteiger partial charge in [0.15, 0.2) is 0 Å². The Hall–Kier alpha value is -1.32. The van der Waals surface area contributed by atoms with E-state index < -0.39 is 11.7 Å². The Morgan fingerprint density at radius 3 is 2.08 bits per heavy atom. The third kappa shape index (κ3) is 2.57. The zero-order chi connectivity index (χ0) is 9.90. The molecule has 0 fully saturated rings. The molecule has 1 aromatic rings. The van der Waals surface area contributed by atoms with E-state index in [-0.39, 0.29) is 0 Å². The van der Waals surface area contributed by atoms with Gasteiger partial charge in [0, 0.05) is 6.42 Å². The minimum absolute atomic E-state index is 0.373. The van der Waals surface area contributed by atoms with E-state index in [4.69, 9.17) is 5.41 Å². The van der Waals surface area contributed by atoms with Gasteiger partial charge in [-0.1, -0.05) is 12.1 Å². The van der Waals surface area contributed by atoms with Crippen molar-refractivity contribution in [1.29, 1.82) is 5.41 Å². The minimum Gasteiger partial charge on any atom is -0.313 e. The molecule has 70 valence electrons. The maximum absolute atomic E-state index is 12.1. The summed E-state index contributed by atoms with van der Waals surface area (Å²) >= 11 is 0. The first-order valence-electron chi connectivity index (χ1n) is 3.69. The van der Waals surface area contributed by atoms with Gasteiger partial charge in [0.1, 0.15) is 0 Å². The predicted molar refractivity (Wildman–Crippen MR) is 43.9 cm³/mol. The number of alkyl halides is 3. The van der Waals surface area contributed by atoms with E-state index in [9.17, 15) is 13.2 Å². The highest BCUT2D eigenvalue weighted by Crippen LogP contribution is 2.28. The van der Waals surface area contributed by atoms with Crippen LogP contribution >= 0.6 is 0 Å². The molecule has 0 spiro atoms. The zero-order valence-electron chi connectivity index (χ0n) is 6.73. The minimum atomic E-state index is -4.27. The van der Waals surface area contributed by atoms with E-state index in [1.54, 1.807) is 0 Å². The van der Waals surface area contributed by atoms with Crippen LogP contribution in [0.5, 0.6) is 0 Å². The lowest BCUT2D eigenvalue weighted by Gasteiger charge is -2.06. The molecule has 4 heteroatoms. The Balaban J connectivity index is 2.87. The Labute approximate surface area is 73.7 Å². The van der Waals surface area contributed by atoms with Crippen LogP contribution in [0.15, 0.2) is 24.3 Å². The molecule has 0 aliphatic carbocycles. The van der Waals surface area contributed by atoms with Crippen LogP contribution in [0.3, 0.4) is 0 Å². The van der Waals surface area contributed by atoms with E-state index in [1.807, 2.05) is 0 Å². The molecule has 0 bridgehead atoms. The Morgan fingerprint density at radius 2 is 1.69 bits per heavy atom. The van der Waals surface area contributed by atoms with Crippen LogP contribution in [0, 0.1) is 5.41 Å². The summed E-state index contributed by atoms with van der Waals surface area (Å²) < 4.78 is 36.2. The van der Waals surface area contributed by atoms with E-state index in [1.165, 1.54) is 12.1 Å². The van der Waals surface area contributed by atoms with Crippen LogP contribution in [0.4, 0.5) is 13.2 Å². The maximum Gasteiger partial charge on any atom is 0.416 e. The van der Waals surface area contributed by atoms with Crippen molar-refractivity contribution in [2.75, 3.05) is 0 Å². The molecular weight excluding hydrogens is 179 g/mol. The third-order valence-electron chi connectivity index (χ3n) is 1.62. The first kappa shape index (κ1) is 9.77. The predicted octanol–water partition coefficient (Wildman–Crippen LogP) is 2.90. The monoisotopic (exact) mass is 187 g/mol. The molecule has 0 aromatic heterocycles. The Morgan fingerprint density at radius 1 is 1.15 bits per heavy atom.